The first-order valence-corrected chi connectivity index (χ1v) is 7.23. The third-order valence-corrected chi connectivity index (χ3v) is 5.45. The number of amides is 2. The third kappa shape index (κ3) is 1.27. The van der Waals surface area contributed by atoms with E-state index in [0.29, 0.717) is 10.7 Å². The summed E-state index contributed by atoms with van der Waals surface area (Å²) in [7, 11) is 0. The molecule has 0 radical (unpaired) electrons. The number of benzene rings is 1. The Bertz CT molecular complexity index is 651. The number of carbonyl (C=O) groups excluding carboxylic acids is 2. The minimum Gasteiger partial charge on any atom is -0.274 e. The van der Waals surface area contributed by atoms with Crippen molar-refractivity contribution in [2.24, 2.45) is 23.2 Å². The highest BCUT2D eigenvalue weighted by Crippen LogP contribution is 2.60. The first-order chi connectivity index (χ1) is 9.53. The first kappa shape index (κ1) is 12.2. The van der Waals surface area contributed by atoms with Crippen molar-refractivity contribution in [3.63, 3.8) is 0 Å². The Morgan fingerprint density at radius 3 is 2.55 bits per heavy atom. The SMILES string of the molecule is C[C@@]12C(=O)N(c3ccc(Cl)cc3)C(=O)[C@H]1[C@H]1C=C[C@@H]2C1. The summed E-state index contributed by atoms with van der Waals surface area (Å²) >= 11 is 5.87. The van der Waals surface area contributed by atoms with E-state index in [1.54, 1.807) is 24.3 Å². The van der Waals surface area contributed by atoms with Crippen LogP contribution in [0.15, 0.2) is 36.4 Å². The predicted molar refractivity (Wildman–Crippen MR) is 76.3 cm³/mol. The van der Waals surface area contributed by atoms with Crippen molar-refractivity contribution in [1.82, 2.24) is 0 Å². The molecule has 2 aliphatic carbocycles. The van der Waals surface area contributed by atoms with Gasteiger partial charge in [0.1, 0.15) is 0 Å². The minimum atomic E-state index is -0.559. The fourth-order valence-electron chi connectivity index (χ4n) is 4.14. The molecule has 0 unspecified atom stereocenters. The van der Waals surface area contributed by atoms with Gasteiger partial charge in [-0.15, -0.1) is 0 Å². The zero-order chi connectivity index (χ0) is 14.1. The average molecular weight is 288 g/mol. The molecular formula is C16H14ClNO2. The van der Waals surface area contributed by atoms with Gasteiger partial charge in [-0.25, -0.2) is 4.90 Å². The zero-order valence-corrected chi connectivity index (χ0v) is 11.8. The molecule has 0 spiro atoms. The Morgan fingerprint density at radius 1 is 1.20 bits per heavy atom. The Hall–Kier alpha value is -1.61. The van der Waals surface area contributed by atoms with Crippen LogP contribution < -0.4 is 4.90 Å². The Balaban J connectivity index is 1.80. The molecule has 1 saturated heterocycles. The monoisotopic (exact) mass is 287 g/mol. The van der Waals surface area contributed by atoms with Crippen LogP contribution in [0.3, 0.4) is 0 Å². The van der Waals surface area contributed by atoms with Gasteiger partial charge in [-0.1, -0.05) is 23.8 Å². The summed E-state index contributed by atoms with van der Waals surface area (Å²) in [6.45, 7) is 1.95. The van der Waals surface area contributed by atoms with Crippen LogP contribution in [0.2, 0.25) is 5.02 Å². The van der Waals surface area contributed by atoms with Crippen LogP contribution in [0.5, 0.6) is 0 Å². The number of fused-ring (bicyclic) bond motifs is 5. The number of hydrogen-bond donors (Lipinski definition) is 0. The van der Waals surface area contributed by atoms with Crippen LogP contribution in [-0.4, -0.2) is 11.8 Å². The van der Waals surface area contributed by atoms with Crippen LogP contribution in [0.1, 0.15) is 13.3 Å². The Labute approximate surface area is 122 Å². The molecule has 1 heterocycles. The van der Waals surface area contributed by atoms with E-state index in [9.17, 15) is 9.59 Å². The van der Waals surface area contributed by atoms with Crippen molar-refractivity contribution in [2.45, 2.75) is 13.3 Å². The summed E-state index contributed by atoms with van der Waals surface area (Å²) in [5.74, 6) is 0.106. The number of rotatable bonds is 1. The van der Waals surface area contributed by atoms with Crippen molar-refractivity contribution in [1.29, 1.82) is 0 Å². The van der Waals surface area contributed by atoms with E-state index in [1.807, 2.05) is 6.92 Å². The van der Waals surface area contributed by atoms with Gasteiger partial charge in [-0.05, 0) is 49.4 Å². The van der Waals surface area contributed by atoms with Gasteiger partial charge < -0.3 is 0 Å². The molecule has 1 saturated carbocycles. The molecule has 2 amide bonds. The molecule has 0 aromatic heterocycles. The fourth-order valence-corrected chi connectivity index (χ4v) is 4.27. The topological polar surface area (TPSA) is 37.4 Å². The number of anilines is 1. The van der Waals surface area contributed by atoms with Gasteiger partial charge in [-0.3, -0.25) is 9.59 Å². The number of nitrogens with zero attached hydrogens (tertiary/aromatic N) is 1. The standard InChI is InChI=1S/C16H14ClNO2/c1-16-10-3-2-9(8-10)13(16)14(19)18(15(16)20)12-6-4-11(17)5-7-12/h2-7,9-10,13H,8H2,1H3/t9-,10+,13+,16-/m0/s1. The second-order valence-corrected chi connectivity index (χ2v) is 6.54. The largest absolute Gasteiger partial charge is 0.274 e. The zero-order valence-electron chi connectivity index (χ0n) is 11.0. The summed E-state index contributed by atoms with van der Waals surface area (Å²) in [5, 5.41) is 0.598. The van der Waals surface area contributed by atoms with Crippen molar-refractivity contribution >= 4 is 29.1 Å². The molecule has 4 atom stereocenters. The molecule has 4 rings (SSSR count). The number of halogens is 1. The first-order valence-electron chi connectivity index (χ1n) is 6.86. The smallest absolute Gasteiger partial charge is 0.241 e. The van der Waals surface area contributed by atoms with Crippen molar-refractivity contribution in [3.8, 4) is 0 Å². The van der Waals surface area contributed by atoms with Gasteiger partial charge in [-0.2, -0.15) is 0 Å². The van der Waals surface area contributed by atoms with Gasteiger partial charge in [0.2, 0.25) is 11.8 Å². The minimum absolute atomic E-state index is 0.0586. The third-order valence-electron chi connectivity index (χ3n) is 5.20. The quantitative estimate of drug-likeness (QED) is 0.588. The van der Waals surface area contributed by atoms with Gasteiger partial charge in [0.05, 0.1) is 17.0 Å². The number of imide groups is 1. The van der Waals surface area contributed by atoms with Crippen molar-refractivity contribution in [3.05, 3.63) is 41.4 Å². The van der Waals surface area contributed by atoms with Crippen LogP contribution in [-0.2, 0) is 9.59 Å². The molecule has 1 aromatic carbocycles. The lowest BCUT2D eigenvalue weighted by molar-refractivity contribution is -0.127. The highest BCUT2D eigenvalue weighted by atomic mass is 35.5. The van der Waals surface area contributed by atoms with E-state index in [1.165, 1.54) is 4.90 Å². The average Bonchev–Trinajstić information content (AvgIpc) is 3.05. The van der Waals surface area contributed by atoms with Gasteiger partial charge in [0, 0.05) is 5.02 Å². The molecule has 3 nitrogen and oxygen atoms in total. The van der Waals surface area contributed by atoms with Crippen molar-refractivity contribution < 1.29 is 9.59 Å². The lowest BCUT2D eigenvalue weighted by atomic mass is 9.71. The summed E-state index contributed by atoms with van der Waals surface area (Å²) < 4.78 is 0. The maximum absolute atomic E-state index is 12.8. The summed E-state index contributed by atoms with van der Waals surface area (Å²) in [6, 6.07) is 6.89. The van der Waals surface area contributed by atoms with E-state index in [4.69, 9.17) is 11.6 Å². The number of carbonyl (C=O) groups is 2. The molecule has 1 aliphatic heterocycles. The second kappa shape index (κ2) is 3.73. The lowest BCUT2D eigenvalue weighted by Gasteiger charge is -2.28. The maximum atomic E-state index is 12.8. The van der Waals surface area contributed by atoms with Gasteiger partial charge in [0.25, 0.3) is 0 Å². The lowest BCUT2D eigenvalue weighted by Crippen LogP contribution is -2.37. The van der Waals surface area contributed by atoms with E-state index < -0.39 is 5.41 Å². The molecule has 1 aromatic rings. The maximum Gasteiger partial charge on any atom is 0.241 e. The van der Waals surface area contributed by atoms with E-state index in [-0.39, 0.29) is 29.6 Å². The summed E-state index contributed by atoms with van der Waals surface area (Å²) in [5.41, 5.74) is 0.0651. The fraction of sp³-hybridized carbons (Fsp3) is 0.375. The predicted octanol–water partition coefficient (Wildman–Crippen LogP) is 3.04. The van der Waals surface area contributed by atoms with Crippen LogP contribution in [0.4, 0.5) is 5.69 Å². The van der Waals surface area contributed by atoms with E-state index in [0.717, 1.165) is 6.42 Å². The molecule has 3 aliphatic rings. The van der Waals surface area contributed by atoms with Crippen LogP contribution in [0.25, 0.3) is 0 Å². The molecule has 4 heteroatoms. The molecule has 0 N–H and O–H groups in total. The highest BCUT2D eigenvalue weighted by molar-refractivity contribution is 6.31. The van der Waals surface area contributed by atoms with Crippen molar-refractivity contribution in [2.75, 3.05) is 4.90 Å². The molecule has 2 fully saturated rings. The second-order valence-electron chi connectivity index (χ2n) is 6.11. The summed E-state index contributed by atoms with van der Waals surface area (Å²) in [6.07, 6.45) is 5.15. The van der Waals surface area contributed by atoms with Crippen LogP contribution in [0, 0.1) is 23.2 Å². The van der Waals surface area contributed by atoms with Crippen LogP contribution >= 0.6 is 11.6 Å². The van der Waals surface area contributed by atoms with E-state index in [2.05, 4.69) is 12.2 Å². The highest BCUT2D eigenvalue weighted by Gasteiger charge is 2.67. The molecular weight excluding hydrogens is 274 g/mol. The Morgan fingerprint density at radius 2 is 1.90 bits per heavy atom. The van der Waals surface area contributed by atoms with Gasteiger partial charge >= 0.3 is 0 Å². The molecule has 2 bridgehead atoms. The number of allylic oxidation sites excluding steroid dienone is 2. The Kier molecular flexibility index (Phi) is 2.27. The normalized spacial score (nSPS) is 37.9. The van der Waals surface area contributed by atoms with E-state index >= 15 is 0 Å². The number of hydrogen-bond acceptors (Lipinski definition) is 2. The molecule has 20 heavy (non-hydrogen) atoms. The molecule has 102 valence electrons. The summed E-state index contributed by atoms with van der Waals surface area (Å²) in [4.78, 5) is 26.9. The van der Waals surface area contributed by atoms with Gasteiger partial charge in [0.15, 0.2) is 0 Å².